The van der Waals surface area contributed by atoms with Crippen molar-refractivity contribution in [1.82, 2.24) is 0 Å². The highest BCUT2D eigenvalue weighted by molar-refractivity contribution is 7.92. The lowest BCUT2D eigenvalue weighted by atomic mass is 10.2. The Morgan fingerprint density at radius 2 is 2.00 bits per heavy atom. The fourth-order valence-corrected chi connectivity index (χ4v) is 2.35. The molecule has 108 valence electrons. The van der Waals surface area contributed by atoms with Crippen LogP contribution in [0.2, 0.25) is 0 Å². The smallest absolute Gasteiger partial charge is 0.306 e. The first-order valence-corrected chi connectivity index (χ1v) is 7.39. The first-order valence-electron chi connectivity index (χ1n) is 5.74. The molecule has 0 heterocycles. The molecule has 0 fully saturated rings. The van der Waals surface area contributed by atoms with Gasteiger partial charge in [-0.15, -0.1) is 0 Å². The number of carbonyl (C=O) groups is 1. The van der Waals surface area contributed by atoms with E-state index in [0.717, 1.165) is 0 Å². The largest absolute Gasteiger partial charge is 0.469 e. The maximum atomic E-state index is 11.7. The van der Waals surface area contributed by atoms with Crippen LogP contribution in [0.15, 0.2) is 24.3 Å². The van der Waals surface area contributed by atoms with Crippen LogP contribution in [-0.2, 0) is 19.6 Å². The zero-order valence-electron chi connectivity index (χ0n) is 10.9. The Morgan fingerprint density at radius 1 is 1.35 bits per heavy atom. The molecule has 0 amide bonds. The summed E-state index contributed by atoms with van der Waals surface area (Å²) in [5, 5.41) is 8.56. The third kappa shape index (κ3) is 5.73. The highest BCUT2D eigenvalue weighted by Crippen LogP contribution is 2.11. The van der Waals surface area contributed by atoms with Crippen LogP contribution < -0.4 is 4.72 Å². The van der Waals surface area contributed by atoms with E-state index in [9.17, 15) is 13.2 Å². The molecule has 0 aromatic heterocycles. The predicted octanol–water partition coefficient (Wildman–Crippen LogP) is 0.335. The number of hydrogen-bond acceptors (Lipinski definition) is 5. The SMILES string of the molecule is COC(=O)CCS(=O)(=O)Nc1ccc(C#CCO)cc1. The first kappa shape index (κ1) is 16.0. The zero-order chi connectivity index (χ0) is 15.0. The second-order valence-corrected chi connectivity index (χ2v) is 5.63. The van der Waals surface area contributed by atoms with Crippen molar-refractivity contribution in [1.29, 1.82) is 0 Å². The molecule has 7 heteroatoms. The van der Waals surface area contributed by atoms with E-state index < -0.39 is 16.0 Å². The number of carbonyl (C=O) groups excluding carboxylic acids is 1. The van der Waals surface area contributed by atoms with E-state index in [1.165, 1.54) is 7.11 Å². The average molecular weight is 297 g/mol. The molecule has 0 bridgehead atoms. The molecular formula is C13H15NO5S. The summed E-state index contributed by atoms with van der Waals surface area (Å²) >= 11 is 0. The minimum Gasteiger partial charge on any atom is -0.469 e. The van der Waals surface area contributed by atoms with Gasteiger partial charge in [-0.2, -0.15) is 0 Å². The highest BCUT2D eigenvalue weighted by Gasteiger charge is 2.13. The lowest BCUT2D eigenvalue weighted by molar-refractivity contribution is -0.140. The van der Waals surface area contributed by atoms with E-state index in [2.05, 4.69) is 21.3 Å². The summed E-state index contributed by atoms with van der Waals surface area (Å²) in [4.78, 5) is 10.9. The first-order chi connectivity index (χ1) is 9.46. The van der Waals surface area contributed by atoms with E-state index in [1.54, 1.807) is 24.3 Å². The van der Waals surface area contributed by atoms with E-state index in [0.29, 0.717) is 11.3 Å². The standard InChI is InChI=1S/C13H15NO5S/c1-19-13(16)8-10-20(17,18)14-12-6-4-11(5-7-12)3-2-9-15/h4-7,14-15H,8-10H2,1H3. The topological polar surface area (TPSA) is 92.7 Å². The molecular weight excluding hydrogens is 282 g/mol. The van der Waals surface area contributed by atoms with Crippen LogP contribution in [0.1, 0.15) is 12.0 Å². The van der Waals surface area contributed by atoms with Gasteiger partial charge in [-0.05, 0) is 24.3 Å². The summed E-state index contributed by atoms with van der Waals surface area (Å²) < 4.78 is 30.1. The summed E-state index contributed by atoms with van der Waals surface area (Å²) in [6.45, 7) is -0.234. The van der Waals surface area contributed by atoms with Crippen molar-refractivity contribution in [3.05, 3.63) is 29.8 Å². The molecule has 0 saturated carbocycles. The normalized spacial score (nSPS) is 10.3. The second kappa shape index (κ2) is 7.53. The van der Waals surface area contributed by atoms with Crippen LogP contribution in [0.25, 0.3) is 0 Å². The van der Waals surface area contributed by atoms with Crippen LogP contribution >= 0.6 is 0 Å². The van der Waals surface area contributed by atoms with Crippen molar-refractivity contribution in [3.63, 3.8) is 0 Å². The van der Waals surface area contributed by atoms with Gasteiger partial charge in [0.15, 0.2) is 0 Å². The summed E-state index contributed by atoms with van der Waals surface area (Å²) in [6, 6.07) is 6.36. The molecule has 2 N–H and O–H groups in total. The van der Waals surface area contributed by atoms with Crippen molar-refractivity contribution >= 4 is 21.7 Å². The summed E-state index contributed by atoms with van der Waals surface area (Å²) in [6.07, 6.45) is -0.202. The van der Waals surface area contributed by atoms with Crippen LogP contribution in [0.4, 0.5) is 5.69 Å². The van der Waals surface area contributed by atoms with Gasteiger partial charge in [-0.1, -0.05) is 11.8 Å². The number of rotatable bonds is 5. The molecule has 0 saturated heterocycles. The van der Waals surface area contributed by atoms with Gasteiger partial charge >= 0.3 is 5.97 Å². The molecule has 6 nitrogen and oxygen atoms in total. The zero-order valence-corrected chi connectivity index (χ0v) is 11.7. The van der Waals surface area contributed by atoms with E-state index >= 15 is 0 Å². The monoisotopic (exact) mass is 297 g/mol. The van der Waals surface area contributed by atoms with Crippen molar-refractivity contribution in [3.8, 4) is 11.8 Å². The maximum Gasteiger partial charge on any atom is 0.306 e. The summed E-state index contributed by atoms with van der Waals surface area (Å²) in [5.74, 6) is 4.26. The van der Waals surface area contributed by atoms with Crippen molar-refractivity contribution in [2.24, 2.45) is 0 Å². The number of sulfonamides is 1. The van der Waals surface area contributed by atoms with Crippen LogP contribution in [0.3, 0.4) is 0 Å². The van der Waals surface area contributed by atoms with Gasteiger partial charge in [0.1, 0.15) is 6.61 Å². The molecule has 0 spiro atoms. The number of ether oxygens (including phenoxy) is 1. The Morgan fingerprint density at radius 3 is 2.55 bits per heavy atom. The van der Waals surface area contributed by atoms with Gasteiger partial charge in [-0.25, -0.2) is 8.42 Å². The fraction of sp³-hybridized carbons (Fsp3) is 0.308. The number of aliphatic hydroxyl groups is 1. The van der Waals surface area contributed by atoms with Crippen molar-refractivity contribution in [2.75, 3.05) is 24.2 Å². The Hall–Kier alpha value is -2.04. The number of nitrogens with one attached hydrogen (secondary N) is 1. The molecule has 1 aromatic carbocycles. The lowest BCUT2D eigenvalue weighted by Crippen LogP contribution is -2.19. The number of hydrogen-bond donors (Lipinski definition) is 2. The lowest BCUT2D eigenvalue weighted by Gasteiger charge is -2.07. The van der Waals surface area contributed by atoms with Crippen molar-refractivity contribution in [2.45, 2.75) is 6.42 Å². The minimum atomic E-state index is -3.60. The van der Waals surface area contributed by atoms with E-state index in [1.807, 2.05) is 0 Å². The number of anilines is 1. The summed E-state index contributed by atoms with van der Waals surface area (Å²) in [7, 11) is -2.39. The Labute approximate surface area is 117 Å². The van der Waals surface area contributed by atoms with Crippen LogP contribution in [0.5, 0.6) is 0 Å². The third-order valence-corrected chi connectivity index (χ3v) is 3.56. The highest BCUT2D eigenvalue weighted by atomic mass is 32.2. The van der Waals surface area contributed by atoms with Crippen molar-refractivity contribution < 1.29 is 23.1 Å². The third-order valence-electron chi connectivity index (χ3n) is 2.27. The van der Waals surface area contributed by atoms with Crippen LogP contribution in [0, 0.1) is 11.8 Å². The van der Waals surface area contributed by atoms with Gasteiger partial charge in [0.2, 0.25) is 10.0 Å². The van der Waals surface area contributed by atoms with Gasteiger partial charge < -0.3 is 9.84 Å². The number of benzene rings is 1. The number of methoxy groups -OCH3 is 1. The quantitative estimate of drug-likeness (QED) is 0.604. The molecule has 1 rings (SSSR count). The molecule has 0 radical (unpaired) electrons. The van der Waals surface area contributed by atoms with E-state index in [4.69, 9.17) is 5.11 Å². The predicted molar refractivity (Wildman–Crippen MR) is 74.4 cm³/mol. The van der Waals surface area contributed by atoms with E-state index in [-0.39, 0.29) is 18.8 Å². The van der Waals surface area contributed by atoms with Gasteiger partial charge in [0.25, 0.3) is 0 Å². The molecule has 0 atom stereocenters. The molecule has 20 heavy (non-hydrogen) atoms. The number of esters is 1. The molecule has 0 unspecified atom stereocenters. The van der Waals surface area contributed by atoms with Gasteiger partial charge in [-0.3, -0.25) is 9.52 Å². The number of aliphatic hydroxyl groups excluding tert-OH is 1. The average Bonchev–Trinajstić information content (AvgIpc) is 2.43. The molecule has 0 aliphatic carbocycles. The molecule has 0 aliphatic heterocycles. The second-order valence-electron chi connectivity index (χ2n) is 3.78. The van der Waals surface area contributed by atoms with Gasteiger partial charge in [0.05, 0.1) is 19.3 Å². The fourth-order valence-electron chi connectivity index (χ4n) is 1.31. The van der Waals surface area contributed by atoms with Crippen LogP contribution in [-0.4, -0.2) is 39.0 Å². The van der Waals surface area contributed by atoms with Gasteiger partial charge in [0, 0.05) is 11.3 Å². The Bertz CT molecular complexity index is 610. The minimum absolute atomic E-state index is 0.202. The molecule has 0 aliphatic rings. The Balaban J connectivity index is 2.65. The Kier molecular flexibility index (Phi) is 6.03. The maximum absolute atomic E-state index is 11.7. The summed E-state index contributed by atoms with van der Waals surface area (Å²) in [5.41, 5.74) is 1.04. The molecule has 1 aromatic rings.